The summed E-state index contributed by atoms with van der Waals surface area (Å²) in [5, 5.41) is 0. The number of hydrogen-bond acceptors (Lipinski definition) is 2. The minimum atomic E-state index is 0.500. The lowest BCUT2D eigenvalue weighted by Gasteiger charge is -2.09. The van der Waals surface area contributed by atoms with E-state index in [9.17, 15) is 0 Å². The van der Waals surface area contributed by atoms with Crippen LogP contribution in [0.1, 0.15) is 13.3 Å². The van der Waals surface area contributed by atoms with Crippen molar-refractivity contribution in [3.05, 3.63) is 12.7 Å². The molecule has 0 radical (unpaired) electrons. The second kappa shape index (κ2) is 7.66. The van der Waals surface area contributed by atoms with E-state index >= 15 is 0 Å². The Bertz CT molecular complexity index is 46.4. The number of allylic oxidation sites excluding steroid dienone is 1. The average molecular weight is 130 g/mol. The van der Waals surface area contributed by atoms with Gasteiger partial charge in [-0.25, -0.2) is 0 Å². The number of ether oxygens (including phenoxy) is 2. The molecular formula is C7H14O2. The predicted octanol–water partition coefficient (Wildman–Crippen LogP) is 1.57. The molecule has 1 aliphatic rings. The smallest absolute Gasteiger partial charge is 0.146 e. The van der Waals surface area contributed by atoms with Crippen LogP contribution in [0.5, 0.6) is 0 Å². The molecular weight excluding hydrogens is 116 g/mol. The minimum absolute atomic E-state index is 0.500. The second-order valence-electron chi connectivity index (χ2n) is 1.70. The van der Waals surface area contributed by atoms with Crippen LogP contribution >= 0.6 is 0 Å². The largest absolute Gasteiger partial charge is 0.355 e. The highest BCUT2D eigenvalue weighted by Gasteiger charge is 1.94. The highest BCUT2D eigenvalue weighted by atomic mass is 16.7. The third-order valence-electron chi connectivity index (χ3n) is 0.744. The average Bonchev–Trinajstić information content (AvgIpc) is 1.93. The van der Waals surface area contributed by atoms with Crippen molar-refractivity contribution in [2.75, 3.05) is 20.0 Å². The van der Waals surface area contributed by atoms with Gasteiger partial charge < -0.3 is 9.47 Å². The van der Waals surface area contributed by atoms with Crippen LogP contribution in [-0.2, 0) is 9.47 Å². The summed E-state index contributed by atoms with van der Waals surface area (Å²) in [6.45, 7) is 7.50. The van der Waals surface area contributed by atoms with Gasteiger partial charge in [-0.3, -0.25) is 0 Å². The lowest BCUT2D eigenvalue weighted by Crippen LogP contribution is -2.11. The highest BCUT2D eigenvalue weighted by molar-refractivity contribution is 4.51. The SMILES string of the molecule is C1COCOC1.C=CC. The van der Waals surface area contributed by atoms with Gasteiger partial charge in [-0.1, -0.05) is 6.08 Å². The zero-order valence-electron chi connectivity index (χ0n) is 5.93. The topological polar surface area (TPSA) is 18.5 Å². The Morgan fingerprint density at radius 2 is 1.78 bits per heavy atom. The lowest BCUT2D eigenvalue weighted by molar-refractivity contribution is -0.0963. The van der Waals surface area contributed by atoms with Crippen LogP contribution in [0.2, 0.25) is 0 Å². The van der Waals surface area contributed by atoms with E-state index in [-0.39, 0.29) is 0 Å². The minimum Gasteiger partial charge on any atom is -0.355 e. The van der Waals surface area contributed by atoms with Gasteiger partial charge in [0.25, 0.3) is 0 Å². The summed E-state index contributed by atoms with van der Waals surface area (Å²) in [6.07, 6.45) is 2.81. The van der Waals surface area contributed by atoms with E-state index in [2.05, 4.69) is 6.58 Å². The van der Waals surface area contributed by atoms with E-state index in [1.807, 2.05) is 6.92 Å². The molecule has 2 nitrogen and oxygen atoms in total. The molecule has 0 saturated carbocycles. The fourth-order valence-electron chi connectivity index (χ4n) is 0.440. The van der Waals surface area contributed by atoms with E-state index in [1.165, 1.54) is 0 Å². The van der Waals surface area contributed by atoms with Crippen molar-refractivity contribution in [1.82, 2.24) is 0 Å². The lowest BCUT2D eigenvalue weighted by atomic mass is 10.5. The Morgan fingerprint density at radius 1 is 1.33 bits per heavy atom. The molecule has 0 bridgehead atoms. The Morgan fingerprint density at radius 3 is 1.89 bits per heavy atom. The Labute approximate surface area is 56.5 Å². The first-order valence-corrected chi connectivity index (χ1v) is 3.14. The summed E-state index contributed by atoms with van der Waals surface area (Å²) < 4.78 is 9.69. The van der Waals surface area contributed by atoms with Crippen molar-refractivity contribution in [1.29, 1.82) is 0 Å². The molecule has 0 unspecified atom stereocenters. The molecule has 9 heavy (non-hydrogen) atoms. The van der Waals surface area contributed by atoms with E-state index in [0.717, 1.165) is 19.6 Å². The quantitative estimate of drug-likeness (QED) is 0.463. The molecule has 1 fully saturated rings. The molecule has 1 saturated heterocycles. The van der Waals surface area contributed by atoms with Gasteiger partial charge in [0.2, 0.25) is 0 Å². The molecule has 0 spiro atoms. The summed E-state index contributed by atoms with van der Waals surface area (Å²) in [5.41, 5.74) is 0. The number of rotatable bonds is 0. The number of hydrogen-bond donors (Lipinski definition) is 0. The van der Waals surface area contributed by atoms with Crippen molar-refractivity contribution < 1.29 is 9.47 Å². The predicted molar refractivity (Wildman–Crippen MR) is 37.3 cm³/mol. The van der Waals surface area contributed by atoms with Gasteiger partial charge in [0.15, 0.2) is 0 Å². The molecule has 1 rings (SSSR count). The zero-order chi connectivity index (χ0) is 6.95. The van der Waals surface area contributed by atoms with Gasteiger partial charge in [0, 0.05) is 0 Å². The third-order valence-corrected chi connectivity index (χ3v) is 0.744. The fourth-order valence-corrected chi connectivity index (χ4v) is 0.440. The first-order valence-electron chi connectivity index (χ1n) is 3.14. The van der Waals surface area contributed by atoms with Gasteiger partial charge in [-0.2, -0.15) is 0 Å². The summed E-state index contributed by atoms with van der Waals surface area (Å²) in [5.74, 6) is 0. The van der Waals surface area contributed by atoms with Crippen LogP contribution in [0.15, 0.2) is 12.7 Å². The monoisotopic (exact) mass is 130 g/mol. The van der Waals surface area contributed by atoms with E-state index in [4.69, 9.17) is 9.47 Å². The van der Waals surface area contributed by atoms with E-state index < -0.39 is 0 Å². The van der Waals surface area contributed by atoms with Crippen LogP contribution in [0.4, 0.5) is 0 Å². The summed E-state index contributed by atoms with van der Waals surface area (Å²) in [7, 11) is 0. The van der Waals surface area contributed by atoms with Crippen LogP contribution in [-0.4, -0.2) is 20.0 Å². The Balaban J connectivity index is 0.000000187. The molecule has 1 aliphatic heterocycles. The fraction of sp³-hybridized carbons (Fsp3) is 0.714. The van der Waals surface area contributed by atoms with E-state index in [0.29, 0.717) is 6.79 Å². The summed E-state index contributed by atoms with van der Waals surface area (Å²) >= 11 is 0. The third kappa shape index (κ3) is 7.66. The van der Waals surface area contributed by atoms with Gasteiger partial charge in [-0.05, 0) is 13.3 Å². The van der Waals surface area contributed by atoms with Crippen molar-refractivity contribution in [3.63, 3.8) is 0 Å². The Kier molecular flexibility index (Phi) is 7.37. The van der Waals surface area contributed by atoms with Gasteiger partial charge in [-0.15, -0.1) is 6.58 Å². The van der Waals surface area contributed by atoms with Gasteiger partial charge in [0.1, 0.15) is 6.79 Å². The molecule has 2 heteroatoms. The molecule has 0 aromatic heterocycles. The molecule has 0 aromatic carbocycles. The summed E-state index contributed by atoms with van der Waals surface area (Å²) in [6, 6.07) is 0. The van der Waals surface area contributed by atoms with Crippen molar-refractivity contribution >= 4 is 0 Å². The van der Waals surface area contributed by atoms with E-state index in [1.54, 1.807) is 6.08 Å². The van der Waals surface area contributed by atoms with Crippen LogP contribution < -0.4 is 0 Å². The second-order valence-corrected chi connectivity index (χ2v) is 1.70. The molecule has 0 N–H and O–H groups in total. The first kappa shape index (κ1) is 8.66. The van der Waals surface area contributed by atoms with Crippen molar-refractivity contribution in [2.45, 2.75) is 13.3 Å². The van der Waals surface area contributed by atoms with Gasteiger partial charge >= 0.3 is 0 Å². The Hall–Kier alpha value is -0.340. The molecule has 54 valence electrons. The normalized spacial score (nSPS) is 17.4. The molecule has 0 atom stereocenters. The molecule has 0 aromatic rings. The molecule has 1 heterocycles. The highest BCUT2D eigenvalue weighted by Crippen LogP contribution is 1.91. The summed E-state index contributed by atoms with van der Waals surface area (Å²) in [4.78, 5) is 0. The standard InChI is InChI=1S/C4H8O2.C3H6/c1-2-5-4-6-3-1;1-3-2/h1-4H2;3H,1H2,2H3. The maximum atomic E-state index is 4.85. The maximum absolute atomic E-state index is 4.85. The zero-order valence-corrected chi connectivity index (χ0v) is 5.93. The maximum Gasteiger partial charge on any atom is 0.146 e. The molecule has 0 aliphatic carbocycles. The van der Waals surface area contributed by atoms with Crippen molar-refractivity contribution in [2.24, 2.45) is 0 Å². The van der Waals surface area contributed by atoms with Crippen LogP contribution in [0.3, 0.4) is 0 Å². The molecule has 0 amide bonds. The first-order chi connectivity index (χ1) is 4.41. The van der Waals surface area contributed by atoms with Gasteiger partial charge in [0.05, 0.1) is 13.2 Å². The van der Waals surface area contributed by atoms with Crippen LogP contribution in [0, 0.1) is 0 Å². The van der Waals surface area contributed by atoms with Crippen LogP contribution in [0.25, 0.3) is 0 Å². The van der Waals surface area contributed by atoms with Crippen molar-refractivity contribution in [3.8, 4) is 0 Å².